The average Bonchev–Trinajstić information content (AvgIpc) is 2.59. The van der Waals surface area contributed by atoms with E-state index in [4.69, 9.17) is 0 Å². The van der Waals surface area contributed by atoms with Crippen molar-refractivity contribution in [3.63, 3.8) is 0 Å². The number of rotatable bonds is 5. The number of hydrogen-bond donors (Lipinski definition) is 1. The number of ketones is 1. The van der Waals surface area contributed by atoms with E-state index in [9.17, 15) is 9.90 Å². The molecule has 6 heteroatoms. The number of nitrogens with zero attached hydrogens (tertiary/aromatic N) is 3. The summed E-state index contributed by atoms with van der Waals surface area (Å²) in [5.41, 5.74) is 0.319. The summed E-state index contributed by atoms with van der Waals surface area (Å²) in [5.74, 6) is -0.345. The molecule has 1 N–H and O–H groups in total. The Bertz CT molecular complexity index is 355. The highest BCUT2D eigenvalue weighted by molar-refractivity contribution is 9.10. The predicted molar refractivity (Wildman–Crippen MR) is 63.1 cm³/mol. The second-order valence-corrected chi connectivity index (χ2v) is 4.49. The van der Waals surface area contributed by atoms with Crippen LogP contribution in [-0.2, 0) is 7.05 Å². The minimum atomic E-state index is -0.983. The van der Waals surface area contributed by atoms with Gasteiger partial charge in [0.2, 0.25) is 5.78 Å². The number of carbonyl (C=O) groups excluding carboxylic acids is 1. The molecular weight excluding hydrogens is 274 g/mol. The molecule has 0 saturated heterocycles. The standard InChI is InChI=1S/C10H16BrN3O2/c1-4-6(5-2)8(15)9(16)7-10(11)12-13-14(7)3/h6,8,15H,4-5H2,1-3H3. The van der Waals surface area contributed by atoms with Crippen molar-refractivity contribution in [1.82, 2.24) is 15.0 Å². The molecule has 0 aliphatic heterocycles. The van der Waals surface area contributed by atoms with Gasteiger partial charge in [0.25, 0.3) is 0 Å². The van der Waals surface area contributed by atoms with E-state index in [1.165, 1.54) is 4.68 Å². The maximum Gasteiger partial charge on any atom is 0.212 e. The molecule has 16 heavy (non-hydrogen) atoms. The lowest BCUT2D eigenvalue weighted by molar-refractivity contribution is 0.0577. The third-order valence-electron chi connectivity index (χ3n) is 2.78. The SMILES string of the molecule is CCC(CC)C(O)C(=O)c1c(Br)nnn1C. The number of aryl methyl sites for hydroxylation is 1. The van der Waals surface area contributed by atoms with Crippen molar-refractivity contribution in [1.29, 1.82) is 0 Å². The van der Waals surface area contributed by atoms with Gasteiger partial charge in [0.15, 0.2) is 4.60 Å². The fourth-order valence-electron chi connectivity index (χ4n) is 1.68. The first-order valence-electron chi connectivity index (χ1n) is 5.30. The molecule has 0 spiro atoms. The zero-order chi connectivity index (χ0) is 12.3. The predicted octanol–water partition coefficient (Wildman–Crippen LogP) is 1.56. The van der Waals surface area contributed by atoms with Crippen molar-refractivity contribution in [2.45, 2.75) is 32.8 Å². The van der Waals surface area contributed by atoms with E-state index < -0.39 is 6.10 Å². The van der Waals surface area contributed by atoms with Gasteiger partial charge in [-0.1, -0.05) is 31.9 Å². The maximum atomic E-state index is 12.0. The Balaban J connectivity index is 2.94. The van der Waals surface area contributed by atoms with Gasteiger partial charge in [0, 0.05) is 7.05 Å². The van der Waals surface area contributed by atoms with E-state index in [0.29, 0.717) is 10.3 Å². The summed E-state index contributed by atoms with van der Waals surface area (Å²) in [7, 11) is 1.63. The summed E-state index contributed by atoms with van der Waals surface area (Å²) >= 11 is 3.15. The Morgan fingerprint density at radius 3 is 2.44 bits per heavy atom. The molecule has 0 radical (unpaired) electrons. The topological polar surface area (TPSA) is 68.0 Å². The third-order valence-corrected chi connectivity index (χ3v) is 3.32. The van der Waals surface area contributed by atoms with Crippen LogP contribution in [0.25, 0.3) is 0 Å². The van der Waals surface area contributed by atoms with Crippen LogP contribution in [0.5, 0.6) is 0 Å². The van der Waals surface area contributed by atoms with E-state index in [1.54, 1.807) is 7.05 Å². The monoisotopic (exact) mass is 289 g/mol. The number of halogens is 1. The average molecular weight is 290 g/mol. The molecule has 5 nitrogen and oxygen atoms in total. The van der Waals surface area contributed by atoms with Gasteiger partial charge in [0.05, 0.1) is 0 Å². The van der Waals surface area contributed by atoms with E-state index in [-0.39, 0.29) is 11.7 Å². The fraction of sp³-hybridized carbons (Fsp3) is 0.700. The molecule has 0 bridgehead atoms. The van der Waals surface area contributed by atoms with Crippen LogP contribution < -0.4 is 0 Å². The van der Waals surface area contributed by atoms with Crippen LogP contribution in [-0.4, -0.2) is 32.0 Å². The quantitative estimate of drug-likeness (QED) is 0.836. The van der Waals surface area contributed by atoms with Crippen LogP contribution in [0.1, 0.15) is 37.2 Å². The van der Waals surface area contributed by atoms with E-state index in [2.05, 4.69) is 26.2 Å². The molecule has 0 aliphatic carbocycles. The first kappa shape index (κ1) is 13.3. The van der Waals surface area contributed by atoms with Crippen molar-refractivity contribution in [3.05, 3.63) is 10.3 Å². The highest BCUT2D eigenvalue weighted by atomic mass is 79.9. The molecular formula is C10H16BrN3O2. The molecule has 1 rings (SSSR count). The minimum Gasteiger partial charge on any atom is -0.385 e. The molecule has 0 fully saturated rings. The van der Waals surface area contributed by atoms with Gasteiger partial charge in [-0.05, 0) is 21.8 Å². The highest BCUT2D eigenvalue weighted by Crippen LogP contribution is 2.20. The normalized spacial score (nSPS) is 13.1. The Morgan fingerprint density at radius 1 is 1.50 bits per heavy atom. The fourth-order valence-corrected chi connectivity index (χ4v) is 2.21. The molecule has 0 saturated carbocycles. The molecule has 0 amide bonds. The van der Waals surface area contributed by atoms with Crippen LogP contribution in [0.2, 0.25) is 0 Å². The molecule has 1 aromatic heterocycles. The van der Waals surface area contributed by atoms with Crippen LogP contribution in [0.4, 0.5) is 0 Å². The van der Waals surface area contributed by atoms with Gasteiger partial charge in [0.1, 0.15) is 11.8 Å². The first-order chi connectivity index (χ1) is 7.52. The van der Waals surface area contributed by atoms with Crippen LogP contribution >= 0.6 is 15.9 Å². The van der Waals surface area contributed by atoms with Gasteiger partial charge < -0.3 is 5.11 Å². The number of aliphatic hydroxyl groups is 1. The number of Topliss-reactive ketones (excluding diaryl/α,β-unsaturated/α-hetero) is 1. The minimum absolute atomic E-state index is 0.0192. The van der Waals surface area contributed by atoms with Crippen molar-refractivity contribution >= 4 is 21.7 Å². The number of carbonyl (C=O) groups is 1. The summed E-state index contributed by atoms with van der Waals surface area (Å²) in [6.45, 7) is 3.92. The van der Waals surface area contributed by atoms with Crippen LogP contribution in [0.3, 0.4) is 0 Å². The molecule has 0 aromatic carbocycles. The molecule has 90 valence electrons. The summed E-state index contributed by atoms with van der Waals surface area (Å²) in [6, 6.07) is 0. The zero-order valence-corrected chi connectivity index (χ0v) is 11.2. The van der Waals surface area contributed by atoms with Crippen molar-refractivity contribution in [3.8, 4) is 0 Å². The van der Waals surface area contributed by atoms with E-state index in [0.717, 1.165) is 12.8 Å². The Hall–Kier alpha value is -0.750. The van der Waals surface area contributed by atoms with Gasteiger partial charge in [-0.2, -0.15) is 0 Å². The Labute approximate surface area is 103 Å². The van der Waals surface area contributed by atoms with Crippen LogP contribution in [0.15, 0.2) is 4.60 Å². The van der Waals surface area contributed by atoms with Gasteiger partial charge in [-0.15, -0.1) is 5.10 Å². The highest BCUT2D eigenvalue weighted by Gasteiger charge is 2.28. The van der Waals surface area contributed by atoms with Gasteiger partial charge in [-0.3, -0.25) is 4.79 Å². The van der Waals surface area contributed by atoms with Gasteiger partial charge in [-0.25, -0.2) is 4.68 Å². The zero-order valence-electron chi connectivity index (χ0n) is 9.64. The summed E-state index contributed by atoms with van der Waals surface area (Å²) < 4.78 is 1.75. The smallest absolute Gasteiger partial charge is 0.212 e. The largest absolute Gasteiger partial charge is 0.385 e. The van der Waals surface area contributed by atoms with Crippen molar-refractivity contribution in [2.75, 3.05) is 0 Å². The first-order valence-corrected chi connectivity index (χ1v) is 6.09. The second-order valence-electron chi connectivity index (χ2n) is 3.74. The lowest BCUT2D eigenvalue weighted by atomic mass is 9.93. The lowest BCUT2D eigenvalue weighted by Crippen LogP contribution is -2.30. The van der Waals surface area contributed by atoms with E-state index in [1.807, 2.05) is 13.8 Å². The van der Waals surface area contributed by atoms with Crippen molar-refractivity contribution < 1.29 is 9.90 Å². The maximum absolute atomic E-state index is 12.0. The lowest BCUT2D eigenvalue weighted by Gasteiger charge is -2.18. The van der Waals surface area contributed by atoms with Crippen molar-refractivity contribution in [2.24, 2.45) is 13.0 Å². The summed E-state index contributed by atoms with van der Waals surface area (Å²) in [6.07, 6.45) is 0.557. The molecule has 1 heterocycles. The molecule has 1 atom stereocenters. The Morgan fingerprint density at radius 2 is 2.06 bits per heavy atom. The molecule has 0 aliphatic rings. The van der Waals surface area contributed by atoms with Crippen LogP contribution in [0, 0.1) is 5.92 Å². The third kappa shape index (κ3) is 2.49. The second kappa shape index (κ2) is 5.54. The summed E-state index contributed by atoms with van der Waals surface area (Å²) in [5, 5.41) is 17.4. The summed E-state index contributed by atoms with van der Waals surface area (Å²) in [4.78, 5) is 12.0. The number of aromatic nitrogens is 3. The number of hydrogen-bond acceptors (Lipinski definition) is 4. The Kier molecular flexibility index (Phi) is 4.61. The van der Waals surface area contributed by atoms with Gasteiger partial charge >= 0.3 is 0 Å². The van der Waals surface area contributed by atoms with E-state index >= 15 is 0 Å². The number of aliphatic hydroxyl groups excluding tert-OH is 1. The molecule has 1 aromatic rings. The molecule has 1 unspecified atom stereocenters.